The number of rotatable bonds is 3. The molecular weight excluding hydrogens is 408 g/mol. The quantitative estimate of drug-likeness (QED) is 0.539. The average molecular weight is 434 g/mol. The molecule has 6 atom stereocenters. The third-order valence-corrected chi connectivity index (χ3v) is 7.96. The summed E-state index contributed by atoms with van der Waals surface area (Å²) in [5.74, 6) is -0.554. The minimum absolute atomic E-state index is 0.197. The fourth-order valence-corrected chi connectivity index (χ4v) is 6.80. The number of nitrogens with one attached hydrogen (secondary N) is 4. The highest BCUT2D eigenvalue weighted by atomic mass is 16.5. The third-order valence-electron chi connectivity index (χ3n) is 7.96. The molecule has 32 heavy (non-hydrogen) atoms. The second kappa shape index (κ2) is 6.70. The van der Waals surface area contributed by atoms with Gasteiger partial charge in [-0.2, -0.15) is 0 Å². The van der Waals surface area contributed by atoms with Crippen LogP contribution in [-0.2, 0) is 29.9 Å². The highest BCUT2D eigenvalue weighted by Crippen LogP contribution is 2.65. The van der Waals surface area contributed by atoms with Crippen molar-refractivity contribution in [2.75, 3.05) is 24.9 Å². The Morgan fingerprint density at radius 1 is 0.750 bits per heavy atom. The van der Waals surface area contributed by atoms with Crippen LogP contribution in [0, 0.1) is 0 Å². The first-order chi connectivity index (χ1) is 15.5. The van der Waals surface area contributed by atoms with E-state index in [-0.39, 0.29) is 24.3 Å². The van der Waals surface area contributed by atoms with Gasteiger partial charge in [-0.3, -0.25) is 20.2 Å². The van der Waals surface area contributed by atoms with Crippen molar-refractivity contribution in [2.24, 2.45) is 0 Å². The van der Waals surface area contributed by atoms with E-state index in [1.807, 2.05) is 24.3 Å². The number of hydrogen-bond acceptors (Lipinski definition) is 8. The van der Waals surface area contributed by atoms with Gasteiger partial charge in [-0.25, -0.2) is 0 Å². The number of methoxy groups -OCH3 is 2. The van der Waals surface area contributed by atoms with Gasteiger partial charge in [0.1, 0.15) is 12.1 Å². The lowest BCUT2D eigenvalue weighted by molar-refractivity contribution is -0.143. The fraction of sp³-hybridized carbons (Fsp3) is 0.417. The summed E-state index contributed by atoms with van der Waals surface area (Å²) in [5.41, 5.74) is 3.41. The van der Waals surface area contributed by atoms with E-state index < -0.39 is 22.9 Å². The molecule has 0 bridgehead atoms. The topological polar surface area (TPSA) is 101 Å². The van der Waals surface area contributed by atoms with E-state index in [0.29, 0.717) is 12.8 Å². The Bertz CT molecular complexity index is 1040. The lowest BCUT2D eigenvalue weighted by Crippen LogP contribution is -2.59. The van der Waals surface area contributed by atoms with E-state index in [2.05, 4.69) is 45.5 Å². The molecule has 4 aliphatic rings. The van der Waals surface area contributed by atoms with Gasteiger partial charge in [-0.05, 0) is 36.1 Å². The molecule has 8 heteroatoms. The van der Waals surface area contributed by atoms with Gasteiger partial charge in [0.2, 0.25) is 0 Å². The van der Waals surface area contributed by atoms with Crippen molar-refractivity contribution in [1.82, 2.24) is 10.6 Å². The molecule has 0 radical (unpaired) electrons. The monoisotopic (exact) mass is 434 g/mol. The molecule has 0 aromatic heterocycles. The van der Waals surface area contributed by atoms with Gasteiger partial charge in [-0.15, -0.1) is 0 Å². The summed E-state index contributed by atoms with van der Waals surface area (Å²) in [5, 5.41) is 14.3. The molecule has 2 aromatic rings. The molecule has 4 heterocycles. The Hall–Kier alpha value is -3.10. The van der Waals surface area contributed by atoms with E-state index in [9.17, 15) is 9.59 Å². The molecule has 0 spiro atoms. The summed E-state index contributed by atoms with van der Waals surface area (Å²) < 4.78 is 10.2. The van der Waals surface area contributed by atoms with E-state index in [4.69, 9.17) is 9.47 Å². The highest BCUT2D eigenvalue weighted by molar-refractivity contribution is 5.82. The van der Waals surface area contributed by atoms with Gasteiger partial charge in [0.15, 0.2) is 0 Å². The molecular formula is C24H26N4O4. The maximum absolute atomic E-state index is 12.7. The predicted octanol–water partition coefficient (Wildman–Crippen LogP) is 1.44. The van der Waals surface area contributed by atoms with Crippen molar-refractivity contribution in [2.45, 2.75) is 48.1 Å². The van der Waals surface area contributed by atoms with Gasteiger partial charge in [0, 0.05) is 22.2 Å². The third kappa shape index (κ3) is 2.23. The molecule has 2 aromatic carbocycles. The Balaban J connectivity index is 1.60. The summed E-state index contributed by atoms with van der Waals surface area (Å²) in [6, 6.07) is 15.6. The van der Waals surface area contributed by atoms with Gasteiger partial charge in [0.25, 0.3) is 0 Å². The second-order valence-corrected chi connectivity index (χ2v) is 9.08. The van der Waals surface area contributed by atoms with Gasteiger partial charge in [-0.1, -0.05) is 36.4 Å². The number of para-hydroxylation sites is 2. The molecule has 8 nitrogen and oxygen atoms in total. The van der Waals surface area contributed by atoms with Crippen LogP contribution in [0.1, 0.15) is 24.0 Å². The predicted molar refractivity (Wildman–Crippen MR) is 118 cm³/mol. The minimum atomic E-state index is -0.498. The first-order valence-electron chi connectivity index (χ1n) is 10.9. The number of carbonyl (C=O) groups is 2. The number of esters is 2. The van der Waals surface area contributed by atoms with Crippen LogP contribution in [-0.4, -0.2) is 50.6 Å². The van der Waals surface area contributed by atoms with Crippen molar-refractivity contribution in [3.8, 4) is 0 Å². The lowest BCUT2D eigenvalue weighted by atomic mass is 9.54. The maximum Gasteiger partial charge on any atom is 0.322 e. The number of ether oxygens (including phenoxy) is 2. The van der Waals surface area contributed by atoms with Crippen LogP contribution in [0.15, 0.2) is 48.5 Å². The SMILES string of the molecule is COC(=O)[C@H]1C[C@@]2([C@@]34C[C@H](C(=O)OC)N[C@@H]3Nc3ccccc34)c3ccccc3N[C@H]2N1. The van der Waals surface area contributed by atoms with Crippen LogP contribution >= 0.6 is 0 Å². The van der Waals surface area contributed by atoms with Gasteiger partial charge < -0.3 is 20.1 Å². The summed E-state index contributed by atoms with van der Waals surface area (Å²) in [6.07, 6.45) is 0.711. The molecule has 166 valence electrons. The van der Waals surface area contributed by atoms with Crippen molar-refractivity contribution in [1.29, 1.82) is 0 Å². The molecule has 2 saturated heterocycles. The number of benzene rings is 2. The highest BCUT2D eigenvalue weighted by Gasteiger charge is 2.72. The number of anilines is 2. The van der Waals surface area contributed by atoms with E-state index in [1.165, 1.54) is 14.2 Å². The smallest absolute Gasteiger partial charge is 0.322 e. The number of carbonyl (C=O) groups excluding carboxylic acids is 2. The summed E-state index contributed by atoms with van der Waals surface area (Å²) >= 11 is 0. The number of hydrogen-bond donors (Lipinski definition) is 4. The maximum atomic E-state index is 12.7. The second-order valence-electron chi connectivity index (χ2n) is 9.08. The van der Waals surface area contributed by atoms with E-state index >= 15 is 0 Å². The molecule has 4 aliphatic heterocycles. The van der Waals surface area contributed by atoms with Crippen LogP contribution < -0.4 is 21.3 Å². The Kier molecular flexibility index (Phi) is 4.10. The molecule has 6 rings (SSSR count). The van der Waals surface area contributed by atoms with Crippen LogP contribution in [0.2, 0.25) is 0 Å². The summed E-state index contributed by atoms with van der Waals surface area (Å²) in [7, 11) is 2.84. The van der Waals surface area contributed by atoms with Crippen LogP contribution in [0.25, 0.3) is 0 Å². The Morgan fingerprint density at radius 2 is 1.16 bits per heavy atom. The molecule has 4 N–H and O–H groups in total. The molecule has 0 unspecified atom stereocenters. The Labute approximate surface area is 186 Å². The largest absolute Gasteiger partial charge is 0.468 e. The van der Waals surface area contributed by atoms with Crippen LogP contribution in [0.3, 0.4) is 0 Å². The normalized spacial score (nSPS) is 35.7. The average Bonchev–Trinajstić information content (AvgIpc) is 3.53. The van der Waals surface area contributed by atoms with Crippen molar-refractivity contribution < 1.29 is 19.1 Å². The number of fused-ring (bicyclic) bond motifs is 7. The minimum Gasteiger partial charge on any atom is -0.468 e. The zero-order chi connectivity index (χ0) is 22.1. The van der Waals surface area contributed by atoms with Crippen molar-refractivity contribution >= 4 is 23.3 Å². The standard InChI is InChI=1S/C24H26N4O4/c1-31-19(29)17-11-23(13-7-3-5-9-15(13)25-21(23)27-17)24-12-18(20(30)32-2)28-22(24)26-16-10-6-4-8-14(16)24/h3-10,17-18,21-22,25-28H,11-12H2,1-2H3/t17-,18-,21+,22+,23-,24-/m1/s1. The van der Waals surface area contributed by atoms with Crippen LogP contribution in [0.5, 0.6) is 0 Å². The molecule has 0 aliphatic carbocycles. The fourth-order valence-electron chi connectivity index (χ4n) is 6.80. The summed E-state index contributed by atoms with van der Waals surface area (Å²) in [4.78, 5) is 25.3. The van der Waals surface area contributed by atoms with Crippen LogP contribution in [0.4, 0.5) is 11.4 Å². The molecule has 0 saturated carbocycles. The first-order valence-corrected chi connectivity index (χ1v) is 10.9. The lowest BCUT2D eigenvalue weighted by Gasteiger charge is -2.47. The van der Waals surface area contributed by atoms with E-state index in [0.717, 1.165) is 22.5 Å². The van der Waals surface area contributed by atoms with Crippen molar-refractivity contribution in [3.05, 3.63) is 59.7 Å². The van der Waals surface area contributed by atoms with Gasteiger partial charge in [0.05, 0.1) is 26.6 Å². The molecule has 0 amide bonds. The Morgan fingerprint density at radius 3 is 1.56 bits per heavy atom. The zero-order valence-electron chi connectivity index (χ0n) is 18.0. The summed E-state index contributed by atoms with van der Waals surface area (Å²) in [6.45, 7) is 0. The molecule has 2 fully saturated rings. The van der Waals surface area contributed by atoms with Crippen molar-refractivity contribution in [3.63, 3.8) is 0 Å². The van der Waals surface area contributed by atoms with Gasteiger partial charge >= 0.3 is 11.9 Å². The first kappa shape index (κ1) is 19.6. The van der Waals surface area contributed by atoms with E-state index in [1.54, 1.807) is 0 Å². The zero-order valence-corrected chi connectivity index (χ0v) is 18.0.